The SMILES string of the molecule is CNC(=O)CNCC(=O)NC1CCOCC1. The van der Waals surface area contributed by atoms with Gasteiger partial charge in [-0.05, 0) is 12.8 Å². The van der Waals surface area contributed by atoms with E-state index in [0.29, 0.717) is 13.2 Å². The summed E-state index contributed by atoms with van der Waals surface area (Å²) < 4.78 is 5.19. The van der Waals surface area contributed by atoms with E-state index in [4.69, 9.17) is 4.74 Å². The third kappa shape index (κ3) is 5.09. The van der Waals surface area contributed by atoms with Gasteiger partial charge in [-0.3, -0.25) is 14.9 Å². The standard InChI is InChI=1S/C10H19N3O3/c1-11-9(14)6-12-7-10(15)13-8-2-4-16-5-3-8/h8,12H,2-7H2,1H3,(H,11,14)(H,13,15). The van der Waals surface area contributed by atoms with Crippen molar-refractivity contribution in [3.05, 3.63) is 0 Å². The van der Waals surface area contributed by atoms with Crippen molar-refractivity contribution < 1.29 is 14.3 Å². The lowest BCUT2D eigenvalue weighted by atomic mass is 10.1. The van der Waals surface area contributed by atoms with Crippen molar-refractivity contribution >= 4 is 11.8 Å². The van der Waals surface area contributed by atoms with E-state index in [0.717, 1.165) is 12.8 Å². The largest absolute Gasteiger partial charge is 0.381 e. The van der Waals surface area contributed by atoms with E-state index in [9.17, 15) is 9.59 Å². The van der Waals surface area contributed by atoms with Gasteiger partial charge in [0.25, 0.3) is 0 Å². The van der Waals surface area contributed by atoms with E-state index in [1.54, 1.807) is 7.05 Å². The van der Waals surface area contributed by atoms with E-state index in [2.05, 4.69) is 16.0 Å². The maximum Gasteiger partial charge on any atom is 0.234 e. The summed E-state index contributed by atoms with van der Waals surface area (Å²) in [6, 6.07) is 0.211. The van der Waals surface area contributed by atoms with Gasteiger partial charge < -0.3 is 15.4 Å². The van der Waals surface area contributed by atoms with Crippen molar-refractivity contribution in [2.24, 2.45) is 0 Å². The molecule has 0 spiro atoms. The Morgan fingerprint density at radius 1 is 1.19 bits per heavy atom. The van der Waals surface area contributed by atoms with Gasteiger partial charge in [0.15, 0.2) is 0 Å². The molecule has 0 aromatic heterocycles. The van der Waals surface area contributed by atoms with Gasteiger partial charge in [-0.15, -0.1) is 0 Å². The Bertz CT molecular complexity index is 239. The molecule has 3 N–H and O–H groups in total. The molecule has 2 amide bonds. The second-order valence-corrected chi connectivity index (χ2v) is 3.73. The second-order valence-electron chi connectivity index (χ2n) is 3.73. The first-order chi connectivity index (χ1) is 7.72. The van der Waals surface area contributed by atoms with Gasteiger partial charge in [0.2, 0.25) is 11.8 Å². The average Bonchev–Trinajstić information content (AvgIpc) is 2.30. The molecule has 1 rings (SSSR count). The Kier molecular flexibility index (Phi) is 5.81. The number of carbonyl (C=O) groups excluding carboxylic acids is 2. The van der Waals surface area contributed by atoms with Crippen molar-refractivity contribution in [3.63, 3.8) is 0 Å². The van der Waals surface area contributed by atoms with E-state index in [1.807, 2.05) is 0 Å². The summed E-state index contributed by atoms with van der Waals surface area (Å²) in [6.45, 7) is 1.75. The van der Waals surface area contributed by atoms with E-state index in [-0.39, 0.29) is 30.9 Å². The molecule has 1 saturated heterocycles. The van der Waals surface area contributed by atoms with Gasteiger partial charge in [-0.25, -0.2) is 0 Å². The maximum atomic E-state index is 11.4. The van der Waals surface area contributed by atoms with Crippen molar-refractivity contribution in [3.8, 4) is 0 Å². The van der Waals surface area contributed by atoms with Crippen LogP contribution in [-0.2, 0) is 14.3 Å². The predicted octanol–water partition coefficient (Wildman–Crippen LogP) is -1.38. The second kappa shape index (κ2) is 7.19. The molecule has 1 fully saturated rings. The molecule has 0 bridgehead atoms. The first-order valence-electron chi connectivity index (χ1n) is 5.50. The van der Waals surface area contributed by atoms with Crippen molar-refractivity contribution in [2.75, 3.05) is 33.4 Å². The van der Waals surface area contributed by atoms with Crippen LogP contribution in [0.25, 0.3) is 0 Å². The molecule has 0 aliphatic carbocycles. The molecular formula is C10H19N3O3. The van der Waals surface area contributed by atoms with Crippen molar-refractivity contribution in [1.29, 1.82) is 0 Å². The predicted molar refractivity (Wildman–Crippen MR) is 58.9 cm³/mol. The molecule has 0 radical (unpaired) electrons. The van der Waals surface area contributed by atoms with Crippen LogP contribution in [0.5, 0.6) is 0 Å². The van der Waals surface area contributed by atoms with Gasteiger partial charge in [0.1, 0.15) is 0 Å². The average molecular weight is 229 g/mol. The van der Waals surface area contributed by atoms with Crippen LogP contribution < -0.4 is 16.0 Å². The molecule has 0 unspecified atom stereocenters. The molecule has 1 heterocycles. The lowest BCUT2D eigenvalue weighted by Crippen LogP contribution is -2.44. The quantitative estimate of drug-likeness (QED) is 0.543. The van der Waals surface area contributed by atoms with E-state index >= 15 is 0 Å². The number of amides is 2. The number of hydrogen-bond acceptors (Lipinski definition) is 4. The summed E-state index contributed by atoms with van der Waals surface area (Å²) >= 11 is 0. The zero-order valence-corrected chi connectivity index (χ0v) is 9.54. The number of carbonyl (C=O) groups is 2. The lowest BCUT2D eigenvalue weighted by Gasteiger charge is -2.23. The number of hydrogen-bond donors (Lipinski definition) is 3. The van der Waals surface area contributed by atoms with Crippen LogP contribution in [0.4, 0.5) is 0 Å². The zero-order chi connectivity index (χ0) is 11.8. The summed E-state index contributed by atoms with van der Waals surface area (Å²) in [7, 11) is 1.56. The van der Waals surface area contributed by atoms with Crippen LogP contribution >= 0.6 is 0 Å². The van der Waals surface area contributed by atoms with Gasteiger partial charge in [0.05, 0.1) is 13.1 Å². The number of rotatable bonds is 5. The fraction of sp³-hybridized carbons (Fsp3) is 0.800. The minimum atomic E-state index is -0.126. The Morgan fingerprint density at radius 3 is 2.44 bits per heavy atom. The van der Waals surface area contributed by atoms with Crippen LogP contribution in [0.2, 0.25) is 0 Å². The monoisotopic (exact) mass is 229 g/mol. The third-order valence-electron chi connectivity index (χ3n) is 2.44. The Morgan fingerprint density at radius 2 is 1.81 bits per heavy atom. The molecule has 0 saturated carbocycles. The molecule has 16 heavy (non-hydrogen) atoms. The summed E-state index contributed by atoms with van der Waals surface area (Å²) in [5, 5.41) is 8.14. The fourth-order valence-electron chi connectivity index (χ4n) is 1.50. The molecule has 92 valence electrons. The van der Waals surface area contributed by atoms with E-state index < -0.39 is 0 Å². The van der Waals surface area contributed by atoms with Crippen LogP contribution in [-0.4, -0.2) is 51.2 Å². The van der Waals surface area contributed by atoms with Crippen LogP contribution in [0.1, 0.15) is 12.8 Å². The van der Waals surface area contributed by atoms with Crippen molar-refractivity contribution in [1.82, 2.24) is 16.0 Å². The smallest absolute Gasteiger partial charge is 0.234 e. The fourth-order valence-corrected chi connectivity index (χ4v) is 1.50. The van der Waals surface area contributed by atoms with Gasteiger partial charge in [-0.1, -0.05) is 0 Å². The Balaban J connectivity index is 2.08. The lowest BCUT2D eigenvalue weighted by molar-refractivity contribution is -0.122. The molecule has 0 atom stereocenters. The topological polar surface area (TPSA) is 79.5 Å². The highest BCUT2D eigenvalue weighted by atomic mass is 16.5. The highest BCUT2D eigenvalue weighted by Crippen LogP contribution is 2.05. The van der Waals surface area contributed by atoms with Gasteiger partial charge in [-0.2, -0.15) is 0 Å². The third-order valence-corrected chi connectivity index (χ3v) is 2.44. The minimum Gasteiger partial charge on any atom is -0.381 e. The van der Waals surface area contributed by atoms with Crippen LogP contribution in [0, 0.1) is 0 Å². The molecule has 0 aromatic rings. The summed E-state index contributed by atoms with van der Waals surface area (Å²) in [6.07, 6.45) is 1.72. The molecular weight excluding hydrogens is 210 g/mol. The first-order valence-corrected chi connectivity index (χ1v) is 5.50. The van der Waals surface area contributed by atoms with Crippen molar-refractivity contribution in [2.45, 2.75) is 18.9 Å². The summed E-state index contributed by atoms with van der Waals surface area (Å²) in [5.41, 5.74) is 0. The minimum absolute atomic E-state index is 0.0733. The maximum absolute atomic E-state index is 11.4. The molecule has 0 aromatic carbocycles. The first kappa shape index (κ1) is 12.9. The molecule has 1 aliphatic heterocycles. The van der Waals surface area contributed by atoms with Gasteiger partial charge >= 0.3 is 0 Å². The van der Waals surface area contributed by atoms with Crippen LogP contribution in [0.15, 0.2) is 0 Å². The number of likely N-dealkylation sites (N-methyl/N-ethyl adjacent to an activating group) is 1. The molecule has 6 nitrogen and oxygen atoms in total. The van der Waals surface area contributed by atoms with Crippen LogP contribution in [0.3, 0.4) is 0 Å². The Hall–Kier alpha value is -1.14. The zero-order valence-electron chi connectivity index (χ0n) is 9.54. The van der Waals surface area contributed by atoms with E-state index in [1.165, 1.54) is 0 Å². The Labute approximate surface area is 95.1 Å². The number of nitrogens with one attached hydrogen (secondary N) is 3. The molecule has 6 heteroatoms. The highest BCUT2D eigenvalue weighted by Gasteiger charge is 2.15. The summed E-state index contributed by atoms with van der Waals surface area (Å²) in [5.74, 6) is -0.199. The molecule has 1 aliphatic rings. The van der Waals surface area contributed by atoms with Gasteiger partial charge in [0, 0.05) is 26.3 Å². The number of ether oxygens (including phenoxy) is 1. The normalized spacial score (nSPS) is 16.8. The summed E-state index contributed by atoms with van der Waals surface area (Å²) in [4.78, 5) is 22.3. The highest BCUT2D eigenvalue weighted by molar-refractivity contribution is 5.81.